The van der Waals surface area contributed by atoms with Gasteiger partial charge in [-0.2, -0.15) is 0 Å². The number of hydrogen-bond acceptors (Lipinski definition) is 6. The van der Waals surface area contributed by atoms with Crippen LogP contribution in [0.4, 0.5) is 11.4 Å². The van der Waals surface area contributed by atoms with Crippen molar-refractivity contribution in [3.8, 4) is 11.5 Å². The normalized spacial score (nSPS) is 15.2. The van der Waals surface area contributed by atoms with Crippen LogP contribution < -0.4 is 9.80 Å². The van der Waals surface area contributed by atoms with Gasteiger partial charge >= 0.3 is 0 Å². The summed E-state index contributed by atoms with van der Waals surface area (Å²) in [7, 11) is 0. The van der Waals surface area contributed by atoms with E-state index in [1.165, 1.54) is 24.3 Å². The predicted octanol–water partition coefficient (Wildman–Crippen LogP) is 3.62. The van der Waals surface area contributed by atoms with E-state index in [9.17, 15) is 29.4 Å². The number of carbonyl (C=O) groups excluding carboxylic acids is 4. The van der Waals surface area contributed by atoms with Gasteiger partial charge in [0.25, 0.3) is 0 Å². The van der Waals surface area contributed by atoms with Crippen LogP contribution in [0.3, 0.4) is 0 Å². The van der Waals surface area contributed by atoms with Gasteiger partial charge in [-0.15, -0.1) is 0 Å². The first-order valence-electron chi connectivity index (χ1n) is 10.5. The third kappa shape index (κ3) is 3.51. The van der Waals surface area contributed by atoms with Crippen molar-refractivity contribution < 1.29 is 29.4 Å². The van der Waals surface area contributed by atoms with Gasteiger partial charge in [-0.3, -0.25) is 19.2 Å². The molecular formula is C26H18N2O6. The minimum atomic E-state index is -0.890. The van der Waals surface area contributed by atoms with Crippen LogP contribution in [0.5, 0.6) is 11.5 Å². The maximum absolute atomic E-state index is 13.0. The molecule has 4 amide bonds. The third-order valence-electron chi connectivity index (χ3n) is 5.77. The highest BCUT2D eigenvalue weighted by Crippen LogP contribution is 2.36. The Morgan fingerprint density at radius 3 is 1.12 bits per heavy atom. The molecule has 0 radical (unpaired) electrons. The van der Waals surface area contributed by atoms with Crippen molar-refractivity contribution in [2.24, 2.45) is 0 Å². The number of aromatic hydroxyl groups is 2. The van der Waals surface area contributed by atoms with Crippen LogP contribution in [0.2, 0.25) is 0 Å². The van der Waals surface area contributed by atoms with E-state index in [1.54, 1.807) is 48.5 Å². The Labute approximate surface area is 193 Å². The molecule has 4 aromatic carbocycles. The van der Waals surface area contributed by atoms with Gasteiger partial charge in [-0.1, -0.05) is 48.5 Å². The van der Waals surface area contributed by atoms with Crippen LogP contribution in [-0.4, -0.2) is 33.8 Å². The Hall–Kier alpha value is -4.72. The summed E-state index contributed by atoms with van der Waals surface area (Å²) in [6, 6.07) is 19.9. The highest BCUT2D eigenvalue weighted by molar-refractivity contribution is 6.32. The molecule has 34 heavy (non-hydrogen) atoms. The van der Waals surface area contributed by atoms with Gasteiger partial charge in [-0.05, 0) is 45.8 Å². The highest BCUT2D eigenvalue weighted by atomic mass is 16.3. The molecule has 168 valence electrons. The monoisotopic (exact) mass is 454 g/mol. The van der Waals surface area contributed by atoms with E-state index in [4.69, 9.17) is 0 Å². The fraction of sp³-hybridized carbons (Fsp3) is 0.0769. The molecular weight excluding hydrogens is 436 g/mol. The van der Waals surface area contributed by atoms with Crippen molar-refractivity contribution >= 4 is 56.5 Å². The number of imide groups is 2. The second kappa shape index (κ2) is 8.00. The Morgan fingerprint density at radius 1 is 0.500 bits per heavy atom. The quantitative estimate of drug-likeness (QED) is 0.353. The summed E-state index contributed by atoms with van der Waals surface area (Å²) in [5.41, 5.74) is -0.201. The molecule has 5 rings (SSSR count). The van der Waals surface area contributed by atoms with Crippen LogP contribution in [0.15, 0.2) is 72.8 Å². The van der Waals surface area contributed by atoms with Crippen molar-refractivity contribution in [2.45, 2.75) is 12.8 Å². The van der Waals surface area contributed by atoms with Crippen LogP contribution in [0.25, 0.3) is 21.5 Å². The van der Waals surface area contributed by atoms with Gasteiger partial charge < -0.3 is 10.2 Å². The number of phenols is 2. The van der Waals surface area contributed by atoms with Crippen LogP contribution in [-0.2, 0) is 19.2 Å². The summed E-state index contributed by atoms with van der Waals surface area (Å²) in [6.45, 7) is 0. The predicted molar refractivity (Wildman–Crippen MR) is 125 cm³/mol. The first-order valence-corrected chi connectivity index (χ1v) is 10.5. The molecule has 0 bridgehead atoms. The van der Waals surface area contributed by atoms with E-state index in [-0.39, 0.29) is 22.9 Å². The lowest BCUT2D eigenvalue weighted by Gasteiger charge is -2.28. The largest absolute Gasteiger partial charge is 0.506 e. The second-order valence-electron chi connectivity index (χ2n) is 7.98. The van der Waals surface area contributed by atoms with E-state index in [0.717, 1.165) is 0 Å². The third-order valence-corrected chi connectivity index (χ3v) is 5.77. The summed E-state index contributed by atoms with van der Waals surface area (Å²) in [6.07, 6.45) is -1.62. The lowest BCUT2D eigenvalue weighted by molar-refractivity contribution is -0.134. The molecule has 0 unspecified atom stereocenters. The molecule has 0 atom stereocenters. The molecule has 8 heteroatoms. The van der Waals surface area contributed by atoms with Gasteiger partial charge in [0.15, 0.2) is 0 Å². The minimum absolute atomic E-state index is 0.101. The van der Waals surface area contributed by atoms with E-state index in [2.05, 4.69) is 0 Å². The van der Waals surface area contributed by atoms with E-state index >= 15 is 0 Å². The Morgan fingerprint density at radius 2 is 0.794 bits per heavy atom. The van der Waals surface area contributed by atoms with Crippen LogP contribution in [0, 0.1) is 0 Å². The van der Waals surface area contributed by atoms with Gasteiger partial charge in [0.2, 0.25) is 23.6 Å². The van der Waals surface area contributed by atoms with E-state index in [0.29, 0.717) is 31.3 Å². The van der Waals surface area contributed by atoms with Crippen LogP contribution >= 0.6 is 0 Å². The number of anilines is 2. The molecule has 8 nitrogen and oxygen atoms in total. The molecule has 0 aliphatic carbocycles. The fourth-order valence-corrected chi connectivity index (χ4v) is 4.18. The zero-order valence-electron chi connectivity index (χ0n) is 17.8. The number of rotatable bonds is 2. The topological polar surface area (TPSA) is 115 Å². The molecule has 1 fully saturated rings. The molecule has 1 heterocycles. The molecule has 1 aliphatic rings. The molecule has 1 saturated heterocycles. The number of benzene rings is 4. The minimum Gasteiger partial charge on any atom is -0.506 e. The summed E-state index contributed by atoms with van der Waals surface area (Å²) in [5, 5.41) is 23.7. The molecule has 0 spiro atoms. The van der Waals surface area contributed by atoms with Crippen molar-refractivity contribution in [2.75, 3.05) is 9.80 Å². The van der Waals surface area contributed by atoms with Crippen LogP contribution in [0.1, 0.15) is 12.8 Å². The second-order valence-corrected chi connectivity index (χ2v) is 7.98. The molecule has 2 N–H and O–H groups in total. The average Bonchev–Trinajstić information content (AvgIpc) is 2.79. The molecule has 4 aromatic rings. The van der Waals surface area contributed by atoms with Crippen molar-refractivity contribution in [1.82, 2.24) is 0 Å². The number of fused-ring (bicyclic) bond motifs is 2. The first-order chi connectivity index (χ1) is 16.3. The standard InChI is InChI=1S/C26H18N2O6/c29-21-11-17-7-3-1-5-15(17)9-19(21)27-23(31)13-25(33)28(26(34)14-24(27)32)20-10-16-6-2-4-8-18(16)12-22(20)30/h1-12,29-30H,13-14H2. The number of hydrogen-bond donors (Lipinski definition) is 2. The first kappa shape index (κ1) is 21.1. The lowest BCUT2D eigenvalue weighted by Crippen LogP contribution is -2.49. The van der Waals surface area contributed by atoms with Crippen molar-refractivity contribution in [1.29, 1.82) is 0 Å². The zero-order valence-corrected chi connectivity index (χ0v) is 17.8. The maximum Gasteiger partial charge on any atom is 0.243 e. The SMILES string of the molecule is O=C1CC(=O)N(c2cc3ccccc3cc2O)C(=O)CC(=O)N1c1cc2ccccc2cc1O. The number of nitrogens with zero attached hydrogens (tertiary/aromatic N) is 2. The lowest BCUT2D eigenvalue weighted by atomic mass is 10.1. The summed E-state index contributed by atoms with van der Waals surface area (Å²) >= 11 is 0. The van der Waals surface area contributed by atoms with Crippen molar-refractivity contribution in [3.05, 3.63) is 72.8 Å². The van der Waals surface area contributed by atoms with E-state index in [1.807, 2.05) is 0 Å². The van der Waals surface area contributed by atoms with E-state index < -0.39 is 36.5 Å². The average molecular weight is 454 g/mol. The summed E-state index contributed by atoms with van der Waals surface area (Å²) in [5.74, 6) is -4.22. The Bertz CT molecular complexity index is 1380. The van der Waals surface area contributed by atoms with Gasteiger partial charge in [0, 0.05) is 0 Å². The van der Waals surface area contributed by atoms with Gasteiger partial charge in [-0.25, -0.2) is 9.80 Å². The summed E-state index contributed by atoms with van der Waals surface area (Å²) < 4.78 is 0. The maximum atomic E-state index is 13.0. The van der Waals surface area contributed by atoms with Crippen molar-refractivity contribution in [3.63, 3.8) is 0 Å². The molecule has 0 saturated carbocycles. The highest BCUT2D eigenvalue weighted by Gasteiger charge is 2.38. The Balaban J connectivity index is 1.54. The fourth-order valence-electron chi connectivity index (χ4n) is 4.18. The number of phenolic OH excluding ortho intramolecular Hbond substituents is 2. The zero-order chi connectivity index (χ0) is 24.0. The van der Waals surface area contributed by atoms with Gasteiger partial charge in [0.05, 0.1) is 11.4 Å². The van der Waals surface area contributed by atoms with Gasteiger partial charge in [0.1, 0.15) is 24.3 Å². The summed E-state index contributed by atoms with van der Waals surface area (Å²) in [4.78, 5) is 53.5. The number of amides is 4. The Kier molecular flexibility index (Phi) is 4.98. The smallest absolute Gasteiger partial charge is 0.243 e. The number of carbonyl (C=O) groups is 4. The molecule has 0 aromatic heterocycles. The molecule has 1 aliphatic heterocycles.